The topological polar surface area (TPSA) is 76.3 Å². The molecule has 0 saturated heterocycles. The van der Waals surface area contributed by atoms with Gasteiger partial charge in [-0.1, -0.05) is 18.2 Å². The summed E-state index contributed by atoms with van der Waals surface area (Å²) in [6.45, 7) is 3.12. The molecule has 0 aliphatic rings. The van der Waals surface area contributed by atoms with E-state index in [2.05, 4.69) is 10.2 Å². The second kappa shape index (κ2) is 7.53. The van der Waals surface area contributed by atoms with E-state index in [4.69, 9.17) is 4.42 Å². The van der Waals surface area contributed by atoms with Crippen LogP contribution in [-0.2, 0) is 16.6 Å². The van der Waals surface area contributed by atoms with Crippen molar-refractivity contribution in [1.29, 1.82) is 0 Å². The fourth-order valence-electron chi connectivity index (χ4n) is 2.47. The quantitative estimate of drug-likeness (QED) is 0.639. The molecule has 0 fully saturated rings. The smallest absolute Gasteiger partial charge is 0.247 e. The van der Waals surface area contributed by atoms with E-state index >= 15 is 0 Å². The Labute approximate surface area is 155 Å². The summed E-state index contributed by atoms with van der Waals surface area (Å²) < 4.78 is 59.0. The molecule has 0 atom stereocenters. The summed E-state index contributed by atoms with van der Waals surface area (Å²) in [5, 5.41) is 7.83. The number of sulfonamides is 1. The van der Waals surface area contributed by atoms with E-state index in [1.165, 1.54) is 0 Å². The maximum absolute atomic E-state index is 13.5. The zero-order valence-corrected chi connectivity index (χ0v) is 15.5. The lowest BCUT2D eigenvalue weighted by molar-refractivity contribution is 0.312. The summed E-state index contributed by atoms with van der Waals surface area (Å²) in [6.07, 6.45) is 0. The van der Waals surface area contributed by atoms with Crippen LogP contribution in [0.2, 0.25) is 0 Å². The molecular weight excluding hydrogens is 376 g/mol. The van der Waals surface area contributed by atoms with Gasteiger partial charge in [-0.25, -0.2) is 17.2 Å². The Morgan fingerprint density at radius 3 is 2.37 bits per heavy atom. The third-order valence-corrected chi connectivity index (χ3v) is 5.87. The van der Waals surface area contributed by atoms with Gasteiger partial charge < -0.3 is 4.42 Å². The van der Waals surface area contributed by atoms with Crippen molar-refractivity contribution < 1.29 is 21.6 Å². The highest BCUT2D eigenvalue weighted by atomic mass is 32.2. The molecular formula is C18H17F2N3O3S. The van der Waals surface area contributed by atoms with Gasteiger partial charge in [-0.05, 0) is 44.2 Å². The highest BCUT2D eigenvalue weighted by Crippen LogP contribution is 2.24. The Balaban J connectivity index is 1.90. The maximum Gasteiger partial charge on any atom is 0.247 e. The van der Waals surface area contributed by atoms with Crippen LogP contribution in [0.5, 0.6) is 0 Å². The van der Waals surface area contributed by atoms with Crippen LogP contribution < -0.4 is 0 Å². The van der Waals surface area contributed by atoms with Gasteiger partial charge in [-0.2, -0.15) is 4.31 Å². The molecule has 142 valence electrons. The van der Waals surface area contributed by atoms with Crippen LogP contribution in [-0.4, -0.2) is 29.0 Å². The molecule has 0 saturated carbocycles. The molecule has 0 aliphatic heterocycles. The van der Waals surface area contributed by atoms with Crippen molar-refractivity contribution in [2.45, 2.75) is 31.3 Å². The minimum Gasteiger partial charge on any atom is -0.419 e. The average molecular weight is 393 g/mol. The minimum absolute atomic E-state index is 0.0914. The van der Waals surface area contributed by atoms with Gasteiger partial charge in [0.2, 0.25) is 21.8 Å². The predicted molar refractivity (Wildman–Crippen MR) is 94.0 cm³/mol. The second-order valence-corrected chi connectivity index (χ2v) is 7.98. The molecule has 27 heavy (non-hydrogen) atoms. The van der Waals surface area contributed by atoms with E-state index in [0.717, 1.165) is 16.4 Å². The van der Waals surface area contributed by atoms with Gasteiger partial charge in [0.25, 0.3) is 0 Å². The molecule has 6 nitrogen and oxygen atoms in total. The summed E-state index contributed by atoms with van der Waals surface area (Å²) in [7, 11) is -4.09. The molecule has 0 aliphatic carbocycles. The zero-order chi connectivity index (χ0) is 19.6. The third-order valence-electron chi connectivity index (χ3n) is 3.85. The van der Waals surface area contributed by atoms with Gasteiger partial charge in [-0.3, -0.25) is 0 Å². The largest absolute Gasteiger partial charge is 0.419 e. The van der Waals surface area contributed by atoms with E-state index in [1.807, 2.05) is 18.2 Å². The normalized spacial score (nSPS) is 12.1. The fraction of sp³-hybridized carbons (Fsp3) is 0.222. The van der Waals surface area contributed by atoms with Crippen LogP contribution in [0.1, 0.15) is 19.7 Å². The van der Waals surface area contributed by atoms with Crippen molar-refractivity contribution in [3.05, 3.63) is 66.1 Å². The molecule has 1 heterocycles. The number of benzene rings is 2. The summed E-state index contributed by atoms with van der Waals surface area (Å²) in [6, 6.07) is 11.0. The Kier molecular flexibility index (Phi) is 5.33. The number of halogens is 2. The van der Waals surface area contributed by atoms with E-state index in [0.29, 0.717) is 11.6 Å². The molecule has 0 unspecified atom stereocenters. The predicted octanol–water partition coefficient (Wildman–Crippen LogP) is 3.61. The Hall–Kier alpha value is -2.65. The molecule has 3 rings (SSSR count). The molecule has 3 aromatic rings. The van der Waals surface area contributed by atoms with Crippen LogP contribution >= 0.6 is 0 Å². The van der Waals surface area contributed by atoms with Crippen LogP contribution in [0.3, 0.4) is 0 Å². The van der Waals surface area contributed by atoms with Gasteiger partial charge in [0.15, 0.2) is 11.6 Å². The number of nitrogens with zero attached hydrogens (tertiary/aromatic N) is 3. The average Bonchev–Trinajstić information content (AvgIpc) is 3.11. The zero-order valence-electron chi connectivity index (χ0n) is 14.6. The van der Waals surface area contributed by atoms with Crippen molar-refractivity contribution in [1.82, 2.24) is 14.5 Å². The minimum atomic E-state index is -4.09. The van der Waals surface area contributed by atoms with E-state index in [-0.39, 0.29) is 23.2 Å². The number of hydrogen-bond donors (Lipinski definition) is 0. The summed E-state index contributed by atoms with van der Waals surface area (Å²) in [5.41, 5.74) is 0.704. The Morgan fingerprint density at radius 1 is 1.04 bits per heavy atom. The van der Waals surface area contributed by atoms with E-state index in [1.54, 1.807) is 26.0 Å². The first-order valence-electron chi connectivity index (χ1n) is 8.13. The second-order valence-electron chi connectivity index (χ2n) is 6.09. The highest BCUT2D eigenvalue weighted by molar-refractivity contribution is 7.89. The van der Waals surface area contributed by atoms with Crippen LogP contribution in [0, 0.1) is 11.6 Å². The number of aromatic nitrogens is 2. The van der Waals surface area contributed by atoms with Crippen molar-refractivity contribution in [3.8, 4) is 11.5 Å². The van der Waals surface area contributed by atoms with Gasteiger partial charge in [-0.15, -0.1) is 10.2 Å². The lowest BCUT2D eigenvalue weighted by Gasteiger charge is -2.24. The van der Waals surface area contributed by atoms with Gasteiger partial charge in [0.1, 0.15) is 0 Å². The molecule has 9 heteroatoms. The van der Waals surface area contributed by atoms with E-state index < -0.39 is 27.7 Å². The molecule has 0 spiro atoms. The van der Waals surface area contributed by atoms with E-state index in [9.17, 15) is 17.2 Å². The molecule has 0 radical (unpaired) electrons. The monoisotopic (exact) mass is 393 g/mol. The van der Waals surface area contributed by atoms with Crippen LogP contribution in [0.15, 0.2) is 57.8 Å². The molecule has 1 aromatic heterocycles. The fourth-order valence-corrected chi connectivity index (χ4v) is 4.06. The molecule has 0 bridgehead atoms. The lowest BCUT2D eigenvalue weighted by atomic mass is 10.2. The molecule has 2 aromatic carbocycles. The molecule has 0 amide bonds. The number of rotatable bonds is 6. The Bertz CT molecular complexity index is 1040. The SMILES string of the molecule is CC(C)N(Cc1nnc(-c2ccccc2)o1)S(=O)(=O)c1ccc(F)c(F)c1. The summed E-state index contributed by atoms with van der Waals surface area (Å²) in [5.74, 6) is -1.99. The first-order valence-corrected chi connectivity index (χ1v) is 9.57. The van der Waals surface area contributed by atoms with Crippen LogP contribution in [0.25, 0.3) is 11.5 Å². The van der Waals surface area contributed by atoms with Crippen molar-refractivity contribution in [2.24, 2.45) is 0 Å². The van der Waals surface area contributed by atoms with Gasteiger partial charge >= 0.3 is 0 Å². The number of hydrogen-bond acceptors (Lipinski definition) is 5. The Morgan fingerprint density at radius 2 is 1.74 bits per heavy atom. The summed E-state index contributed by atoms with van der Waals surface area (Å²) in [4.78, 5) is -0.349. The first-order chi connectivity index (χ1) is 12.8. The van der Waals surface area contributed by atoms with Gasteiger partial charge in [0, 0.05) is 11.6 Å². The molecule has 0 N–H and O–H groups in total. The van der Waals surface area contributed by atoms with Crippen molar-refractivity contribution >= 4 is 10.0 Å². The highest BCUT2D eigenvalue weighted by Gasteiger charge is 2.30. The lowest BCUT2D eigenvalue weighted by Crippen LogP contribution is -2.36. The van der Waals surface area contributed by atoms with Crippen molar-refractivity contribution in [2.75, 3.05) is 0 Å². The third kappa shape index (κ3) is 4.04. The van der Waals surface area contributed by atoms with Crippen LogP contribution in [0.4, 0.5) is 8.78 Å². The summed E-state index contributed by atoms with van der Waals surface area (Å²) >= 11 is 0. The maximum atomic E-state index is 13.5. The van der Waals surface area contributed by atoms with Gasteiger partial charge in [0.05, 0.1) is 11.4 Å². The first kappa shape index (κ1) is 19.1. The standard InChI is InChI=1S/C18H17F2N3O3S/c1-12(2)23(27(24,25)14-8-9-15(19)16(20)10-14)11-17-21-22-18(26-17)13-6-4-3-5-7-13/h3-10,12H,11H2,1-2H3. The van der Waals surface area contributed by atoms with Crippen molar-refractivity contribution in [3.63, 3.8) is 0 Å².